The van der Waals surface area contributed by atoms with Crippen LogP contribution in [0.2, 0.25) is 5.15 Å². The second-order valence-electron chi connectivity index (χ2n) is 5.66. The molecule has 1 N–H and O–H groups in total. The number of nitrogens with one attached hydrogen (secondary N) is 1. The van der Waals surface area contributed by atoms with Crippen molar-refractivity contribution in [3.8, 4) is 11.4 Å². The first-order valence-electron chi connectivity index (χ1n) is 8.27. The van der Waals surface area contributed by atoms with Gasteiger partial charge in [-0.05, 0) is 19.1 Å². The molecule has 0 aliphatic carbocycles. The predicted octanol–water partition coefficient (Wildman–Crippen LogP) is 4.30. The average Bonchev–Trinajstić information content (AvgIpc) is 3.07. The lowest BCUT2D eigenvalue weighted by atomic mass is 10.2. The van der Waals surface area contributed by atoms with Gasteiger partial charge in [-0.15, -0.1) is 16.8 Å². The van der Waals surface area contributed by atoms with E-state index in [0.717, 1.165) is 11.4 Å². The van der Waals surface area contributed by atoms with Crippen LogP contribution in [-0.4, -0.2) is 30.9 Å². The van der Waals surface area contributed by atoms with E-state index in [4.69, 9.17) is 11.6 Å². The third kappa shape index (κ3) is 4.56. The molecule has 2 aromatic heterocycles. The summed E-state index contributed by atoms with van der Waals surface area (Å²) in [4.78, 5) is 16.5. The normalized spacial score (nSPS) is 11.8. The number of pyridine rings is 1. The number of hydrogen-bond acceptors (Lipinski definition) is 5. The van der Waals surface area contributed by atoms with Gasteiger partial charge >= 0.3 is 0 Å². The quantitative estimate of drug-likeness (QED) is 0.364. The number of carbonyl (C=O) groups excluding carboxylic acids is 1. The highest BCUT2D eigenvalue weighted by atomic mass is 35.5. The number of thioether (sulfide) groups is 1. The van der Waals surface area contributed by atoms with Crippen molar-refractivity contribution < 1.29 is 4.79 Å². The van der Waals surface area contributed by atoms with Gasteiger partial charge in [0, 0.05) is 18.3 Å². The molecule has 0 unspecified atom stereocenters. The van der Waals surface area contributed by atoms with Crippen molar-refractivity contribution in [2.45, 2.75) is 23.9 Å². The molecule has 0 aliphatic heterocycles. The van der Waals surface area contributed by atoms with E-state index in [1.54, 1.807) is 31.3 Å². The lowest BCUT2D eigenvalue weighted by Crippen LogP contribution is -2.23. The van der Waals surface area contributed by atoms with Crippen molar-refractivity contribution in [1.82, 2.24) is 19.7 Å². The summed E-state index contributed by atoms with van der Waals surface area (Å²) in [5.74, 6) is 0.547. The minimum absolute atomic E-state index is 0.190. The summed E-state index contributed by atoms with van der Waals surface area (Å²) >= 11 is 7.33. The Morgan fingerprint density at radius 3 is 2.78 bits per heavy atom. The zero-order valence-electron chi connectivity index (χ0n) is 14.7. The monoisotopic (exact) mass is 399 g/mol. The van der Waals surface area contributed by atoms with Gasteiger partial charge in [-0.2, -0.15) is 0 Å². The summed E-state index contributed by atoms with van der Waals surface area (Å²) in [5.41, 5.74) is 1.44. The fourth-order valence-corrected chi connectivity index (χ4v) is 3.42. The van der Waals surface area contributed by atoms with E-state index in [-0.39, 0.29) is 11.1 Å². The molecule has 1 amide bonds. The fraction of sp³-hybridized carbons (Fsp3) is 0.158. The molecule has 0 radical (unpaired) electrons. The minimum atomic E-state index is -0.405. The molecule has 1 aromatic carbocycles. The first-order valence-corrected chi connectivity index (χ1v) is 9.53. The SMILES string of the molecule is C=CCn1c(S[C@@H](C)C(=O)Nc2cccnc2Cl)nnc1-c1ccccc1. The summed E-state index contributed by atoms with van der Waals surface area (Å²) in [6.07, 6.45) is 3.35. The molecule has 0 fully saturated rings. The van der Waals surface area contributed by atoms with Crippen LogP contribution in [0, 0.1) is 0 Å². The van der Waals surface area contributed by atoms with Crippen LogP contribution in [0.1, 0.15) is 6.92 Å². The molecular weight excluding hydrogens is 382 g/mol. The second-order valence-corrected chi connectivity index (χ2v) is 7.33. The van der Waals surface area contributed by atoms with Crippen LogP contribution in [0.15, 0.2) is 66.5 Å². The highest BCUT2D eigenvalue weighted by Gasteiger charge is 2.21. The topological polar surface area (TPSA) is 72.7 Å². The van der Waals surface area contributed by atoms with Crippen molar-refractivity contribution in [3.63, 3.8) is 0 Å². The van der Waals surface area contributed by atoms with E-state index in [1.807, 2.05) is 34.9 Å². The van der Waals surface area contributed by atoms with Crippen molar-refractivity contribution in [2.75, 3.05) is 5.32 Å². The Balaban J connectivity index is 1.78. The van der Waals surface area contributed by atoms with Crippen molar-refractivity contribution >= 4 is 35.0 Å². The highest BCUT2D eigenvalue weighted by Crippen LogP contribution is 2.28. The fourth-order valence-electron chi connectivity index (χ4n) is 2.40. The summed E-state index contributed by atoms with van der Waals surface area (Å²) in [6, 6.07) is 13.2. The number of hydrogen-bond donors (Lipinski definition) is 1. The van der Waals surface area contributed by atoms with E-state index in [9.17, 15) is 4.79 Å². The lowest BCUT2D eigenvalue weighted by molar-refractivity contribution is -0.115. The van der Waals surface area contributed by atoms with Gasteiger partial charge in [-0.1, -0.05) is 59.8 Å². The van der Waals surface area contributed by atoms with Crippen LogP contribution >= 0.6 is 23.4 Å². The number of nitrogens with zero attached hydrogens (tertiary/aromatic N) is 4. The van der Waals surface area contributed by atoms with E-state index >= 15 is 0 Å². The number of halogens is 1. The third-order valence-corrected chi connectivity index (χ3v) is 5.11. The van der Waals surface area contributed by atoms with Crippen LogP contribution in [-0.2, 0) is 11.3 Å². The Morgan fingerprint density at radius 2 is 2.07 bits per heavy atom. The molecule has 0 saturated heterocycles. The van der Waals surface area contributed by atoms with Crippen LogP contribution < -0.4 is 5.32 Å². The van der Waals surface area contributed by atoms with Crippen molar-refractivity contribution in [2.24, 2.45) is 0 Å². The van der Waals surface area contributed by atoms with Gasteiger partial charge in [0.15, 0.2) is 16.1 Å². The smallest absolute Gasteiger partial charge is 0.237 e. The molecule has 27 heavy (non-hydrogen) atoms. The van der Waals surface area contributed by atoms with Gasteiger partial charge < -0.3 is 5.32 Å². The zero-order valence-corrected chi connectivity index (χ0v) is 16.2. The maximum Gasteiger partial charge on any atom is 0.237 e. The van der Waals surface area contributed by atoms with Crippen molar-refractivity contribution in [3.05, 3.63) is 66.5 Å². The summed E-state index contributed by atoms with van der Waals surface area (Å²) in [5, 5.41) is 11.8. The molecule has 2 heterocycles. The summed E-state index contributed by atoms with van der Waals surface area (Å²) in [6.45, 7) is 6.15. The Kier molecular flexibility index (Phi) is 6.26. The Labute approximate surface area is 166 Å². The number of rotatable bonds is 7. The summed E-state index contributed by atoms with van der Waals surface area (Å²) in [7, 11) is 0. The molecule has 1 atom stereocenters. The van der Waals surface area contributed by atoms with Gasteiger partial charge in [0.25, 0.3) is 0 Å². The third-order valence-electron chi connectivity index (χ3n) is 3.73. The molecular formula is C19H18ClN5OS. The summed E-state index contributed by atoms with van der Waals surface area (Å²) < 4.78 is 1.94. The molecule has 3 rings (SSSR count). The van der Waals surface area contributed by atoms with E-state index in [1.165, 1.54) is 11.8 Å². The average molecular weight is 400 g/mol. The van der Waals surface area contributed by atoms with Gasteiger partial charge in [-0.25, -0.2) is 4.98 Å². The first-order chi connectivity index (χ1) is 13.1. The zero-order chi connectivity index (χ0) is 19.2. The molecule has 0 bridgehead atoms. The number of anilines is 1. The van der Waals surface area contributed by atoms with E-state index < -0.39 is 5.25 Å². The van der Waals surface area contributed by atoms with E-state index in [2.05, 4.69) is 27.1 Å². The number of aromatic nitrogens is 4. The molecule has 0 spiro atoms. The predicted molar refractivity (Wildman–Crippen MR) is 109 cm³/mol. The number of allylic oxidation sites excluding steroid dienone is 1. The van der Waals surface area contributed by atoms with Crippen LogP contribution in [0.4, 0.5) is 5.69 Å². The van der Waals surface area contributed by atoms with Crippen molar-refractivity contribution in [1.29, 1.82) is 0 Å². The lowest BCUT2D eigenvalue weighted by Gasteiger charge is -2.13. The van der Waals surface area contributed by atoms with Crippen LogP contribution in [0.25, 0.3) is 11.4 Å². The second kappa shape index (κ2) is 8.83. The van der Waals surface area contributed by atoms with E-state index in [0.29, 0.717) is 17.4 Å². The molecule has 138 valence electrons. The first kappa shape index (κ1) is 19.1. The van der Waals surface area contributed by atoms with Gasteiger partial charge in [0.2, 0.25) is 5.91 Å². The molecule has 0 aliphatic rings. The number of carbonyl (C=O) groups is 1. The maximum absolute atomic E-state index is 12.5. The van der Waals surface area contributed by atoms with Gasteiger partial charge in [-0.3, -0.25) is 9.36 Å². The van der Waals surface area contributed by atoms with Gasteiger partial charge in [0.05, 0.1) is 10.9 Å². The largest absolute Gasteiger partial charge is 0.322 e. The Bertz CT molecular complexity index is 944. The van der Waals surface area contributed by atoms with Crippen LogP contribution in [0.5, 0.6) is 0 Å². The Hall–Kier alpha value is -2.64. The minimum Gasteiger partial charge on any atom is -0.322 e. The van der Waals surface area contributed by atoms with Gasteiger partial charge in [0.1, 0.15) is 0 Å². The standard InChI is InChI=1S/C19H18ClN5OS/c1-3-12-25-17(14-8-5-4-6-9-14)23-24-19(25)27-13(2)18(26)22-15-10-7-11-21-16(15)20/h3-11,13H,1,12H2,2H3,(H,22,26)/t13-/m0/s1. The molecule has 0 saturated carbocycles. The van der Waals surface area contributed by atoms with Crippen LogP contribution in [0.3, 0.4) is 0 Å². The number of benzene rings is 1. The molecule has 6 nitrogen and oxygen atoms in total. The maximum atomic E-state index is 12.5. The molecule has 3 aromatic rings. The molecule has 8 heteroatoms. The number of amides is 1. The highest BCUT2D eigenvalue weighted by molar-refractivity contribution is 8.00. The Morgan fingerprint density at radius 1 is 1.30 bits per heavy atom.